The van der Waals surface area contributed by atoms with Gasteiger partial charge in [-0.05, 0) is 44.4 Å². The van der Waals surface area contributed by atoms with Gasteiger partial charge in [-0.15, -0.1) is 0 Å². The van der Waals surface area contributed by atoms with Crippen molar-refractivity contribution in [1.82, 2.24) is 10.6 Å². The zero-order valence-corrected chi connectivity index (χ0v) is 15.2. The monoisotopic (exact) mass is 339 g/mol. The first kappa shape index (κ1) is 20.4. The third-order valence-electron chi connectivity index (χ3n) is 3.54. The van der Waals surface area contributed by atoms with E-state index in [2.05, 4.69) is 15.6 Å². The second-order valence-electron chi connectivity index (χ2n) is 5.59. The summed E-state index contributed by atoms with van der Waals surface area (Å²) in [5, 5.41) is 6.51. The second kappa shape index (κ2) is 11.8. The maximum atomic E-state index is 13.7. The first-order valence-corrected chi connectivity index (χ1v) is 8.46. The molecule has 0 bridgehead atoms. The first-order valence-electron chi connectivity index (χ1n) is 8.46. The number of nitrogens with one attached hydrogen (secondary N) is 2. The average Bonchev–Trinajstić information content (AvgIpc) is 2.56. The number of aliphatic imine (C=N–C) groups is 1. The van der Waals surface area contributed by atoms with Gasteiger partial charge in [0, 0.05) is 26.8 Å². The third-order valence-corrected chi connectivity index (χ3v) is 3.54. The van der Waals surface area contributed by atoms with Crippen LogP contribution in [0.1, 0.15) is 37.4 Å². The number of hydrogen-bond acceptors (Lipinski definition) is 3. The summed E-state index contributed by atoms with van der Waals surface area (Å²) in [6, 6.07) is 5.27. The Morgan fingerprint density at radius 3 is 2.75 bits per heavy atom. The third kappa shape index (κ3) is 7.75. The molecular weight excluding hydrogens is 309 g/mol. The maximum absolute atomic E-state index is 13.7. The van der Waals surface area contributed by atoms with Crippen molar-refractivity contribution < 1.29 is 13.9 Å². The molecule has 0 heterocycles. The second-order valence-corrected chi connectivity index (χ2v) is 5.59. The van der Waals surface area contributed by atoms with Gasteiger partial charge in [-0.3, -0.25) is 4.99 Å². The Hall–Kier alpha value is -1.66. The van der Waals surface area contributed by atoms with E-state index in [0.29, 0.717) is 31.9 Å². The Kier molecular flexibility index (Phi) is 10.0. The topological polar surface area (TPSA) is 54.9 Å². The van der Waals surface area contributed by atoms with Crippen molar-refractivity contribution in [1.29, 1.82) is 0 Å². The zero-order chi connectivity index (χ0) is 17.8. The lowest BCUT2D eigenvalue weighted by Crippen LogP contribution is -2.38. The predicted molar refractivity (Wildman–Crippen MR) is 96.0 cm³/mol. The summed E-state index contributed by atoms with van der Waals surface area (Å²) in [6.45, 7) is 9.07. The van der Waals surface area contributed by atoms with Gasteiger partial charge in [-0.1, -0.05) is 12.1 Å². The van der Waals surface area contributed by atoms with Crippen molar-refractivity contribution in [2.75, 3.05) is 40.0 Å². The summed E-state index contributed by atoms with van der Waals surface area (Å²) < 4.78 is 24.0. The molecule has 0 saturated heterocycles. The molecule has 5 nitrogen and oxygen atoms in total. The molecule has 0 aliphatic heterocycles. The lowest BCUT2D eigenvalue weighted by molar-refractivity contribution is 0.0702. The minimum absolute atomic E-state index is 0.0316. The highest BCUT2D eigenvalue weighted by Gasteiger charge is 2.09. The molecule has 1 aromatic carbocycles. The normalized spacial score (nSPS) is 13.0. The van der Waals surface area contributed by atoms with Crippen LogP contribution in [0.5, 0.6) is 0 Å². The number of hydrogen-bond donors (Lipinski definition) is 2. The van der Waals surface area contributed by atoms with Crippen LogP contribution in [-0.4, -0.2) is 46.0 Å². The van der Waals surface area contributed by atoms with E-state index in [1.807, 2.05) is 19.9 Å². The molecule has 1 rings (SSSR count). The van der Waals surface area contributed by atoms with Gasteiger partial charge in [-0.2, -0.15) is 0 Å². The van der Waals surface area contributed by atoms with E-state index in [9.17, 15) is 4.39 Å². The van der Waals surface area contributed by atoms with Crippen LogP contribution in [0, 0.1) is 12.7 Å². The molecule has 0 spiro atoms. The summed E-state index contributed by atoms with van der Waals surface area (Å²) in [6.07, 6.45) is 0.841. The van der Waals surface area contributed by atoms with Crippen LogP contribution in [0.4, 0.5) is 4.39 Å². The van der Waals surface area contributed by atoms with Crippen LogP contribution in [0.3, 0.4) is 0 Å². The van der Waals surface area contributed by atoms with Gasteiger partial charge in [0.25, 0.3) is 0 Å². The van der Waals surface area contributed by atoms with Crippen LogP contribution >= 0.6 is 0 Å². The molecule has 0 aliphatic rings. The number of halogens is 1. The van der Waals surface area contributed by atoms with Gasteiger partial charge < -0.3 is 20.1 Å². The highest BCUT2D eigenvalue weighted by Crippen LogP contribution is 2.16. The minimum atomic E-state index is -0.184. The molecule has 1 aromatic rings. The SMILES string of the molecule is CCNC(=NCCCOCCOC)NC(C)c1ccc(C)c(F)c1. The highest BCUT2D eigenvalue weighted by atomic mass is 19.1. The number of rotatable bonds is 10. The van der Waals surface area contributed by atoms with Crippen LogP contribution in [0.15, 0.2) is 23.2 Å². The Morgan fingerprint density at radius 2 is 2.08 bits per heavy atom. The van der Waals surface area contributed by atoms with E-state index >= 15 is 0 Å². The molecular formula is C18H30FN3O2. The quantitative estimate of drug-likeness (QED) is 0.391. The Bertz CT molecular complexity index is 509. The van der Waals surface area contributed by atoms with Crippen LogP contribution in [0.25, 0.3) is 0 Å². The van der Waals surface area contributed by atoms with Crippen molar-refractivity contribution in [2.45, 2.75) is 33.2 Å². The molecule has 0 aliphatic carbocycles. The molecule has 136 valence electrons. The van der Waals surface area contributed by atoms with Crippen LogP contribution < -0.4 is 10.6 Å². The van der Waals surface area contributed by atoms with E-state index < -0.39 is 0 Å². The molecule has 0 amide bonds. The lowest BCUT2D eigenvalue weighted by atomic mass is 10.1. The first-order chi connectivity index (χ1) is 11.6. The number of nitrogens with zero attached hydrogens (tertiary/aromatic N) is 1. The Morgan fingerprint density at radius 1 is 1.29 bits per heavy atom. The van der Waals surface area contributed by atoms with Gasteiger partial charge in [0.15, 0.2) is 5.96 Å². The molecule has 24 heavy (non-hydrogen) atoms. The van der Waals surface area contributed by atoms with Crippen molar-refractivity contribution >= 4 is 5.96 Å². The number of aryl methyl sites for hydroxylation is 1. The van der Waals surface area contributed by atoms with Gasteiger partial charge in [-0.25, -0.2) is 4.39 Å². The van der Waals surface area contributed by atoms with Crippen molar-refractivity contribution in [3.8, 4) is 0 Å². The molecule has 0 radical (unpaired) electrons. The molecule has 1 atom stereocenters. The molecule has 0 saturated carbocycles. The molecule has 0 aromatic heterocycles. The molecule has 1 unspecified atom stereocenters. The zero-order valence-electron chi connectivity index (χ0n) is 15.2. The van der Waals surface area contributed by atoms with Crippen molar-refractivity contribution in [3.63, 3.8) is 0 Å². The van der Waals surface area contributed by atoms with Gasteiger partial charge in [0.1, 0.15) is 5.82 Å². The van der Waals surface area contributed by atoms with Crippen LogP contribution in [0.2, 0.25) is 0 Å². The van der Waals surface area contributed by atoms with Crippen molar-refractivity contribution in [3.05, 3.63) is 35.1 Å². The molecule has 0 fully saturated rings. The van der Waals surface area contributed by atoms with Crippen LogP contribution in [-0.2, 0) is 9.47 Å². The molecule has 2 N–H and O–H groups in total. The summed E-state index contributed by atoms with van der Waals surface area (Å²) in [4.78, 5) is 4.53. The van der Waals surface area contributed by atoms with E-state index in [1.165, 1.54) is 0 Å². The molecule has 6 heteroatoms. The summed E-state index contributed by atoms with van der Waals surface area (Å²) in [7, 11) is 1.66. The lowest BCUT2D eigenvalue weighted by Gasteiger charge is -2.18. The van der Waals surface area contributed by atoms with E-state index in [-0.39, 0.29) is 11.9 Å². The summed E-state index contributed by atoms with van der Waals surface area (Å²) >= 11 is 0. The number of methoxy groups -OCH3 is 1. The summed E-state index contributed by atoms with van der Waals surface area (Å²) in [5.74, 6) is 0.541. The van der Waals surface area contributed by atoms with Gasteiger partial charge >= 0.3 is 0 Å². The van der Waals surface area contributed by atoms with E-state index in [4.69, 9.17) is 9.47 Å². The highest BCUT2D eigenvalue weighted by molar-refractivity contribution is 5.80. The fourth-order valence-corrected chi connectivity index (χ4v) is 2.09. The predicted octanol–water partition coefficient (Wildman–Crippen LogP) is 2.80. The fourth-order valence-electron chi connectivity index (χ4n) is 2.09. The standard InChI is InChI=1S/C18H30FN3O2/c1-5-20-18(21-9-6-10-24-12-11-23-4)22-15(3)16-8-7-14(2)17(19)13-16/h7-8,13,15H,5-6,9-12H2,1-4H3,(H2,20,21,22). The Balaban J connectivity index is 2.48. The summed E-state index contributed by atoms with van der Waals surface area (Å²) in [5.41, 5.74) is 1.55. The Labute approximate surface area is 144 Å². The maximum Gasteiger partial charge on any atom is 0.191 e. The average molecular weight is 339 g/mol. The van der Waals surface area contributed by atoms with Crippen molar-refractivity contribution in [2.24, 2.45) is 4.99 Å². The largest absolute Gasteiger partial charge is 0.382 e. The minimum Gasteiger partial charge on any atom is -0.382 e. The number of guanidine groups is 1. The smallest absolute Gasteiger partial charge is 0.191 e. The number of ether oxygens (including phenoxy) is 2. The van der Waals surface area contributed by atoms with Gasteiger partial charge in [0.05, 0.1) is 19.3 Å². The van der Waals surface area contributed by atoms with E-state index in [1.54, 1.807) is 26.2 Å². The fraction of sp³-hybridized carbons (Fsp3) is 0.611. The van der Waals surface area contributed by atoms with Gasteiger partial charge in [0.2, 0.25) is 0 Å². The number of benzene rings is 1. The van der Waals surface area contributed by atoms with E-state index in [0.717, 1.165) is 24.5 Å².